The van der Waals surface area contributed by atoms with Crippen molar-refractivity contribution in [3.05, 3.63) is 28.2 Å². The molecule has 1 nitrogen and oxygen atoms in total. The summed E-state index contributed by atoms with van der Waals surface area (Å²) >= 11 is 5.32. The van der Waals surface area contributed by atoms with Crippen LogP contribution in [-0.2, 0) is 5.75 Å². The molecule has 0 fully saturated rings. The third kappa shape index (κ3) is 3.61. The number of benzene rings is 1. The Balaban J connectivity index is 2.67. The van der Waals surface area contributed by atoms with Gasteiger partial charge in [0.1, 0.15) is 5.75 Å². The van der Waals surface area contributed by atoms with Gasteiger partial charge in [-0.15, -0.1) is 0 Å². The summed E-state index contributed by atoms with van der Waals surface area (Å²) in [5, 5.41) is 9.82. The Bertz CT molecular complexity index is 286. The Hall–Kier alpha value is -0.150. The van der Waals surface area contributed by atoms with E-state index in [1.165, 1.54) is 5.56 Å². The molecule has 0 heterocycles. The summed E-state index contributed by atoms with van der Waals surface area (Å²) in [6, 6.07) is 5.41. The fourth-order valence-electron chi connectivity index (χ4n) is 0.910. The Kier molecular flexibility index (Phi) is 4.13. The third-order valence-corrected chi connectivity index (χ3v) is 3.49. The fraction of sp³-hybridized carbons (Fsp3) is 0.400. The van der Waals surface area contributed by atoms with Gasteiger partial charge in [0.25, 0.3) is 0 Å². The summed E-state index contributed by atoms with van der Waals surface area (Å²) in [4.78, 5) is 0. The Morgan fingerprint density at radius 2 is 2.15 bits per heavy atom. The predicted octanol–water partition coefficient (Wildman–Crippen LogP) is 3.80. The molecule has 0 amide bonds. The average Bonchev–Trinajstić information content (AvgIpc) is 2.02. The number of halogens is 1. The lowest BCUT2D eigenvalue weighted by molar-refractivity contribution is 0.475. The van der Waals surface area contributed by atoms with E-state index >= 15 is 0 Å². The smallest absolute Gasteiger partial charge is 0.116 e. The number of phenols is 1. The highest BCUT2D eigenvalue weighted by molar-refractivity contribution is 9.10. The molecule has 0 spiro atoms. The molecule has 0 bridgehead atoms. The number of phenolic OH excluding ortho intramolecular Hbond substituents is 1. The molecule has 1 N–H and O–H groups in total. The first kappa shape index (κ1) is 10.9. The van der Waals surface area contributed by atoms with Crippen LogP contribution in [0.5, 0.6) is 5.75 Å². The fourth-order valence-corrected chi connectivity index (χ4v) is 2.37. The molecule has 0 aliphatic heterocycles. The monoisotopic (exact) mass is 260 g/mol. The zero-order valence-corrected chi connectivity index (χ0v) is 10.2. The Labute approximate surface area is 91.7 Å². The van der Waals surface area contributed by atoms with Crippen LogP contribution in [-0.4, -0.2) is 10.4 Å². The summed E-state index contributed by atoms with van der Waals surface area (Å²) in [5.41, 5.74) is 1.23. The van der Waals surface area contributed by atoms with E-state index in [-0.39, 0.29) is 0 Å². The lowest BCUT2D eigenvalue weighted by Crippen LogP contribution is -1.89. The lowest BCUT2D eigenvalue weighted by Gasteiger charge is -2.06. The van der Waals surface area contributed by atoms with Gasteiger partial charge in [-0.3, -0.25) is 0 Å². The van der Waals surface area contributed by atoms with Gasteiger partial charge in [0.15, 0.2) is 0 Å². The molecule has 1 rings (SSSR count). The number of hydrogen-bond acceptors (Lipinski definition) is 2. The molecule has 0 aromatic heterocycles. The van der Waals surface area contributed by atoms with E-state index in [1.807, 2.05) is 17.8 Å². The average molecular weight is 261 g/mol. The minimum absolute atomic E-state index is 0.310. The maximum atomic E-state index is 9.18. The molecule has 1 aromatic rings. The van der Waals surface area contributed by atoms with Crippen molar-refractivity contribution in [2.24, 2.45) is 0 Å². The minimum atomic E-state index is 0.310. The van der Waals surface area contributed by atoms with Crippen molar-refractivity contribution in [1.82, 2.24) is 0 Å². The first-order valence-corrected chi connectivity index (χ1v) is 6.03. The van der Waals surface area contributed by atoms with Crippen LogP contribution in [0.15, 0.2) is 22.7 Å². The van der Waals surface area contributed by atoms with Crippen molar-refractivity contribution in [2.45, 2.75) is 24.9 Å². The Morgan fingerprint density at radius 1 is 1.46 bits per heavy atom. The molecule has 0 aliphatic rings. The first-order valence-electron chi connectivity index (χ1n) is 4.18. The molecule has 72 valence electrons. The number of aromatic hydroxyl groups is 1. The molecular weight excluding hydrogens is 248 g/mol. The van der Waals surface area contributed by atoms with Gasteiger partial charge in [-0.2, -0.15) is 11.8 Å². The highest BCUT2D eigenvalue weighted by atomic mass is 79.9. The van der Waals surface area contributed by atoms with Crippen molar-refractivity contribution in [2.75, 3.05) is 0 Å². The summed E-state index contributed by atoms with van der Waals surface area (Å²) in [6.07, 6.45) is 0. The second-order valence-electron chi connectivity index (χ2n) is 3.14. The second-order valence-corrected chi connectivity index (χ2v) is 5.55. The van der Waals surface area contributed by atoms with Gasteiger partial charge >= 0.3 is 0 Å². The normalized spacial score (nSPS) is 10.8. The van der Waals surface area contributed by atoms with Gasteiger partial charge in [0, 0.05) is 10.2 Å². The van der Waals surface area contributed by atoms with Gasteiger partial charge in [-0.25, -0.2) is 0 Å². The zero-order valence-electron chi connectivity index (χ0n) is 7.75. The van der Waals surface area contributed by atoms with Crippen LogP contribution < -0.4 is 0 Å². The van der Waals surface area contributed by atoms with E-state index in [1.54, 1.807) is 12.1 Å². The molecular formula is C10H13BrOS. The largest absolute Gasteiger partial charge is 0.508 e. The third-order valence-electron chi connectivity index (χ3n) is 1.61. The van der Waals surface area contributed by atoms with E-state index < -0.39 is 0 Å². The second kappa shape index (κ2) is 4.91. The SMILES string of the molecule is CC(C)SCc1ccc(O)cc1Br. The lowest BCUT2D eigenvalue weighted by atomic mass is 10.2. The Morgan fingerprint density at radius 3 is 2.69 bits per heavy atom. The van der Waals surface area contributed by atoms with Crippen LogP contribution in [0.3, 0.4) is 0 Å². The van der Waals surface area contributed by atoms with Crippen LogP contribution in [0.2, 0.25) is 0 Å². The van der Waals surface area contributed by atoms with Crippen molar-refractivity contribution in [1.29, 1.82) is 0 Å². The molecule has 0 radical (unpaired) electrons. The highest BCUT2D eigenvalue weighted by Crippen LogP contribution is 2.26. The van der Waals surface area contributed by atoms with Crippen molar-refractivity contribution in [3.63, 3.8) is 0 Å². The van der Waals surface area contributed by atoms with Crippen molar-refractivity contribution < 1.29 is 5.11 Å². The van der Waals surface area contributed by atoms with Gasteiger partial charge in [-0.05, 0) is 22.9 Å². The zero-order chi connectivity index (χ0) is 9.84. The predicted molar refractivity (Wildman–Crippen MR) is 62.2 cm³/mol. The van der Waals surface area contributed by atoms with Crippen molar-refractivity contribution in [3.8, 4) is 5.75 Å². The summed E-state index contributed by atoms with van der Waals surface area (Å²) in [6.45, 7) is 4.36. The van der Waals surface area contributed by atoms with Crippen LogP contribution in [0.1, 0.15) is 19.4 Å². The molecule has 0 atom stereocenters. The van der Waals surface area contributed by atoms with Crippen LogP contribution in [0.4, 0.5) is 0 Å². The maximum Gasteiger partial charge on any atom is 0.116 e. The van der Waals surface area contributed by atoms with E-state index in [0.29, 0.717) is 11.0 Å². The topological polar surface area (TPSA) is 20.2 Å². The number of hydrogen-bond donors (Lipinski definition) is 1. The van der Waals surface area contributed by atoms with Gasteiger partial charge in [-0.1, -0.05) is 35.8 Å². The van der Waals surface area contributed by atoms with Gasteiger partial charge in [0.05, 0.1) is 0 Å². The molecule has 0 saturated carbocycles. The van der Waals surface area contributed by atoms with E-state index in [9.17, 15) is 5.11 Å². The summed E-state index contributed by atoms with van der Waals surface area (Å²) in [7, 11) is 0. The maximum absolute atomic E-state index is 9.18. The van der Waals surface area contributed by atoms with Crippen LogP contribution in [0.25, 0.3) is 0 Å². The number of thioether (sulfide) groups is 1. The summed E-state index contributed by atoms with van der Waals surface area (Å²) in [5.74, 6) is 1.29. The quantitative estimate of drug-likeness (QED) is 0.893. The number of rotatable bonds is 3. The molecule has 13 heavy (non-hydrogen) atoms. The molecule has 0 aliphatic carbocycles. The highest BCUT2D eigenvalue weighted by Gasteiger charge is 2.02. The molecule has 0 saturated heterocycles. The molecule has 0 unspecified atom stereocenters. The van der Waals surface area contributed by atoms with E-state index in [2.05, 4.69) is 29.8 Å². The van der Waals surface area contributed by atoms with Crippen molar-refractivity contribution >= 4 is 27.7 Å². The van der Waals surface area contributed by atoms with E-state index in [0.717, 1.165) is 10.2 Å². The molecule has 1 aromatic carbocycles. The van der Waals surface area contributed by atoms with Crippen LogP contribution in [0, 0.1) is 0 Å². The minimum Gasteiger partial charge on any atom is -0.508 e. The standard InChI is InChI=1S/C10H13BrOS/c1-7(2)13-6-8-3-4-9(12)5-10(8)11/h3-5,7,12H,6H2,1-2H3. The van der Waals surface area contributed by atoms with Gasteiger partial charge in [0.2, 0.25) is 0 Å². The van der Waals surface area contributed by atoms with E-state index in [4.69, 9.17) is 0 Å². The van der Waals surface area contributed by atoms with Gasteiger partial charge < -0.3 is 5.11 Å². The van der Waals surface area contributed by atoms with Crippen LogP contribution >= 0.6 is 27.7 Å². The summed E-state index contributed by atoms with van der Waals surface area (Å²) < 4.78 is 0.987. The molecule has 3 heteroatoms. The first-order chi connectivity index (χ1) is 6.09.